The van der Waals surface area contributed by atoms with Crippen molar-refractivity contribution >= 4 is 45.9 Å². The van der Waals surface area contributed by atoms with Gasteiger partial charge in [0.15, 0.2) is 5.75 Å². The third kappa shape index (κ3) is 3.13. The molecule has 0 saturated heterocycles. The lowest BCUT2D eigenvalue weighted by Crippen LogP contribution is -2.16. The molecule has 6 heteroatoms. The maximum absolute atomic E-state index is 12.0. The molecule has 3 aromatic rings. The number of benzene rings is 2. The van der Waals surface area contributed by atoms with Crippen LogP contribution in [-0.2, 0) is 0 Å². The number of halogens is 2. The summed E-state index contributed by atoms with van der Waals surface area (Å²) >= 11 is 11.7. The highest BCUT2D eigenvalue weighted by molar-refractivity contribution is 6.42. The van der Waals surface area contributed by atoms with Gasteiger partial charge >= 0.3 is 6.09 Å². The molecule has 1 amide bonds. The first kappa shape index (κ1) is 14.6. The van der Waals surface area contributed by atoms with Crippen molar-refractivity contribution in [2.45, 2.75) is 0 Å². The van der Waals surface area contributed by atoms with Gasteiger partial charge in [-0.2, -0.15) is 0 Å². The Morgan fingerprint density at radius 2 is 1.86 bits per heavy atom. The molecular weight excluding hydrogens is 323 g/mol. The molecule has 0 saturated carbocycles. The zero-order valence-corrected chi connectivity index (χ0v) is 12.7. The molecule has 3 rings (SSSR count). The average Bonchev–Trinajstić information content (AvgIpc) is 2.51. The van der Waals surface area contributed by atoms with Gasteiger partial charge in [0.05, 0.1) is 10.0 Å². The number of para-hydroxylation sites is 1. The van der Waals surface area contributed by atoms with E-state index in [-0.39, 0.29) is 0 Å². The molecule has 4 nitrogen and oxygen atoms in total. The van der Waals surface area contributed by atoms with Crippen LogP contribution in [0.5, 0.6) is 5.75 Å². The van der Waals surface area contributed by atoms with E-state index in [0.29, 0.717) is 27.0 Å². The molecule has 0 aliphatic rings. The molecule has 1 aromatic heterocycles. The Kier molecular flexibility index (Phi) is 4.13. The van der Waals surface area contributed by atoms with Crippen LogP contribution in [0, 0.1) is 0 Å². The molecule has 1 N–H and O–H groups in total. The Morgan fingerprint density at radius 1 is 1.05 bits per heavy atom. The first-order valence-electron chi connectivity index (χ1n) is 6.41. The fourth-order valence-corrected chi connectivity index (χ4v) is 2.27. The zero-order valence-electron chi connectivity index (χ0n) is 11.2. The van der Waals surface area contributed by atoms with Crippen LogP contribution in [0.15, 0.2) is 54.7 Å². The normalized spacial score (nSPS) is 10.5. The summed E-state index contributed by atoms with van der Waals surface area (Å²) in [6, 6.07) is 13.9. The third-order valence-electron chi connectivity index (χ3n) is 2.96. The van der Waals surface area contributed by atoms with Gasteiger partial charge < -0.3 is 4.74 Å². The minimum Gasteiger partial charge on any atom is -0.408 e. The van der Waals surface area contributed by atoms with Gasteiger partial charge in [-0.15, -0.1) is 0 Å². The van der Waals surface area contributed by atoms with E-state index in [1.807, 2.05) is 18.2 Å². The Bertz CT molecular complexity index is 847. The van der Waals surface area contributed by atoms with Crippen LogP contribution >= 0.6 is 23.2 Å². The monoisotopic (exact) mass is 332 g/mol. The zero-order chi connectivity index (χ0) is 15.5. The first-order valence-corrected chi connectivity index (χ1v) is 7.17. The van der Waals surface area contributed by atoms with Gasteiger partial charge in [-0.3, -0.25) is 10.3 Å². The van der Waals surface area contributed by atoms with Gasteiger partial charge in [0.1, 0.15) is 5.52 Å². The van der Waals surface area contributed by atoms with E-state index < -0.39 is 6.09 Å². The minimum atomic E-state index is -0.628. The van der Waals surface area contributed by atoms with Crippen molar-refractivity contribution < 1.29 is 9.53 Å². The molecule has 0 atom stereocenters. The minimum absolute atomic E-state index is 0.353. The summed E-state index contributed by atoms with van der Waals surface area (Å²) in [5.74, 6) is 0.385. The van der Waals surface area contributed by atoms with Crippen molar-refractivity contribution in [1.29, 1.82) is 0 Å². The topological polar surface area (TPSA) is 51.2 Å². The number of carbonyl (C=O) groups excluding carboxylic acids is 1. The number of nitrogens with zero attached hydrogens (tertiary/aromatic N) is 1. The van der Waals surface area contributed by atoms with E-state index in [1.165, 1.54) is 0 Å². The van der Waals surface area contributed by atoms with Crippen LogP contribution in [0.1, 0.15) is 0 Å². The molecule has 0 aliphatic carbocycles. The van der Waals surface area contributed by atoms with Crippen LogP contribution in [0.25, 0.3) is 10.9 Å². The fraction of sp³-hybridized carbons (Fsp3) is 0. The summed E-state index contributed by atoms with van der Waals surface area (Å²) in [7, 11) is 0. The fourth-order valence-electron chi connectivity index (χ4n) is 1.98. The highest BCUT2D eigenvalue weighted by atomic mass is 35.5. The SMILES string of the molecule is O=C(Nc1ccc(Cl)c(Cl)c1)Oc1cccc2cccnc12. The average molecular weight is 333 g/mol. The molecule has 2 aromatic carbocycles. The number of amides is 1. The Hall–Kier alpha value is -2.30. The molecular formula is C16H10Cl2N2O2. The standard InChI is InChI=1S/C16H10Cl2N2O2/c17-12-7-6-11(9-13(12)18)20-16(21)22-14-5-1-3-10-4-2-8-19-15(10)14/h1-9H,(H,20,21). The molecule has 0 unspecified atom stereocenters. The third-order valence-corrected chi connectivity index (χ3v) is 3.70. The van der Waals surface area contributed by atoms with Gasteiger partial charge in [-0.1, -0.05) is 41.4 Å². The smallest absolute Gasteiger partial charge is 0.408 e. The number of fused-ring (bicyclic) bond motifs is 1. The number of ether oxygens (including phenoxy) is 1. The van der Waals surface area contributed by atoms with Crippen molar-refractivity contribution in [3.05, 3.63) is 64.8 Å². The molecule has 0 bridgehead atoms. The van der Waals surface area contributed by atoms with Crippen LogP contribution < -0.4 is 10.1 Å². The molecule has 1 heterocycles. The number of hydrogen-bond donors (Lipinski definition) is 1. The van der Waals surface area contributed by atoms with Gasteiger partial charge in [-0.25, -0.2) is 4.79 Å². The van der Waals surface area contributed by atoms with E-state index >= 15 is 0 Å². The second-order valence-corrected chi connectivity index (χ2v) is 5.29. The van der Waals surface area contributed by atoms with Gasteiger partial charge in [-0.05, 0) is 30.3 Å². The van der Waals surface area contributed by atoms with Crippen LogP contribution in [0.4, 0.5) is 10.5 Å². The second kappa shape index (κ2) is 6.22. The van der Waals surface area contributed by atoms with E-state index in [1.54, 1.807) is 36.5 Å². The summed E-state index contributed by atoms with van der Waals surface area (Å²) in [4.78, 5) is 16.2. The second-order valence-electron chi connectivity index (χ2n) is 4.47. The Morgan fingerprint density at radius 3 is 2.68 bits per heavy atom. The molecule has 0 radical (unpaired) electrons. The lowest BCUT2D eigenvalue weighted by molar-refractivity contribution is 0.215. The van der Waals surface area contributed by atoms with Crippen molar-refractivity contribution in [3.63, 3.8) is 0 Å². The molecule has 0 fully saturated rings. The van der Waals surface area contributed by atoms with E-state index in [9.17, 15) is 4.79 Å². The number of nitrogens with one attached hydrogen (secondary N) is 1. The summed E-state index contributed by atoms with van der Waals surface area (Å²) in [5, 5.41) is 4.25. The lowest BCUT2D eigenvalue weighted by atomic mass is 10.2. The van der Waals surface area contributed by atoms with Gasteiger partial charge in [0, 0.05) is 17.3 Å². The largest absolute Gasteiger partial charge is 0.417 e. The summed E-state index contributed by atoms with van der Waals surface area (Å²) in [5.41, 5.74) is 1.11. The predicted octanol–water partition coefficient (Wildman–Crippen LogP) is 5.15. The number of rotatable bonds is 2. The number of pyridine rings is 1. The summed E-state index contributed by atoms with van der Waals surface area (Å²) < 4.78 is 5.31. The molecule has 22 heavy (non-hydrogen) atoms. The first-order chi connectivity index (χ1) is 10.6. The quantitative estimate of drug-likeness (QED) is 0.705. The Balaban J connectivity index is 1.80. The van der Waals surface area contributed by atoms with Crippen LogP contribution in [0.3, 0.4) is 0 Å². The highest BCUT2D eigenvalue weighted by Crippen LogP contribution is 2.26. The van der Waals surface area contributed by atoms with Crippen molar-refractivity contribution in [2.24, 2.45) is 0 Å². The molecule has 0 aliphatic heterocycles. The lowest BCUT2D eigenvalue weighted by Gasteiger charge is -2.09. The van der Waals surface area contributed by atoms with E-state index in [2.05, 4.69) is 10.3 Å². The maximum Gasteiger partial charge on any atom is 0.417 e. The van der Waals surface area contributed by atoms with Crippen LogP contribution in [0.2, 0.25) is 10.0 Å². The number of carbonyl (C=O) groups is 1. The predicted molar refractivity (Wildman–Crippen MR) is 87.9 cm³/mol. The Labute approximate surface area is 136 Å². The summed E-state index contributed by atoms with van der Waals surface area (Å²) in [6.45, 7) is 0. The molecule has 0 spiro atoms. The van der Waals surface area contributed by atoms with Crippen LogP contribution in [-0.4, -0.2) is 11.1 Å². The van der Waals surface area contributed by atoms with Crippen molar-refractivity contribution in [3.8, 4) is 5.75 Å². The maximum atomic E-state index is 12.0. The highest BCUT2D eigenvalue weighted by Gasteiger charge is 2.10. The number of hydrogen-bond acceptors (Lipinski definition) is 3. The van der Waals surface area contributed by atoms with Gasteiger partial charge in [0.25, 0.3) is 0 Å². The summed E-state index contributed by atoms with van der Waals surface area (Å²) in [6.07, 6.45) is 1.02. The van der Waals surface area contributed by atoms with Crippen molar-refractivity contribution in [2.75, 3.05) is 5.32 Å². The van der Waals surface area contributed by atoms with E-state index in [4.69, 9.17) is 27.9 Å². The van der Waals surface area contributed by atoms with Gasteiger partial charge in [0.2, 0.25) is 0 Å². The van der Waals surface area contributed by atoms with E-state index in [0.717, 1.165) is 5.39 Å². The van der Waals surface area contributed by atoms with Crippen molar-refractivity contribution in [1.82, 2.24) is 4.98 Å². The molecule has 110 valence electrons. The number of aromatic nitrogens is 1. The number of anilines is 1.